The molecule has 0 aromatic heterocycles. The lowest BCUT2D eigenvalue weighted by Gasteiger charge is -2.11. The van der Waals surface area contributed by atoms with Crippen molar-refractivity contribution < 1.29 is 9.53 Å². The minimum Gasteiger partial charge on any atom is -0.462 e. The summed E-state index contributed by atoms with van der Waals surface area (Å²) in [5.74, 6) is -0.196. The van der Waals surface area contributed by atoms with Crippen LogP contribution in [0.5, 0.6) is 0 Å². The highest BCUT2D eigenvalue weighted by Gasteiger charge is 2.07. The molecule has 0 saturated heterocycles. The third kappa shape index (κ3) is 4.79. The van der Waals surface area contributed by atoms with Crippen LogP contribution >= 0.6 is 15.9 Å². The maximum atomic E-state index is 10.4. The molecule has 10 heavy (non-hydrogen) atoms. The minimum atomic E-state index is -0.196. The Morgan fingerprint density at radius 3 is 2.60 bits per heavy atom. The molecule has 0 spiro atoms. The second kappa shape index (κ2) is 5.71. The smallest absolute Gasteiger partial charge is 0.302 e. The normalized spacial score (nSPS) is 12.7. The molecule has 0 fully saturated rings. The van der Waals surface area contributed by atoms with E-state index in [9.17, 15) is 4.79 Å². The van der Waals surface area contributed by atoms with E-state index in [0.717, 1.165) is 18.2 Å². The van der Waals surface area contributed by atoms with Crippen LogP contribution in [0.4, 0.5) is 0 Å². The maximum absolute atomic E-state index is 10.4. The van der Waals surface area contributed by atoms with E-state index in [2.05, 4.69) is 22.9 Å². The van der Waals surface area contributed by atoms with E-state index in [0.29, 0.717) is 0 Å². The molecule has 0 aliphatic heterocycles. The van der Waals surface area contributed by atoms with Gasteiger partial charge in [0, 0.05) is 12.3 Å². The second-order valence-electron chi connectivity index (χ2n) is 2.17. The van der Waals surface area contributed by atoms with Crippen molar-refractivity contribution >= 4 is 21.9 Å². The van der Waals surface area contributed by atoms with Crippen molar-refractivity contribution in [2.45, 2.75) is 32.8 Å². The summed E-state index contributed by atoms with van der Waals surface area (Å²) in [6.45, 7) is 3.50. The van der Waals surface area contributed by atoms with E-state index in [-0.39, 0.29) is 12.1 Å². The summed E-state index contributed by atoms with van der Waals surface area (Å²) in [6.07, 6.45) is 2.04. The largest absolute Gasteiger partial charge is 0.462 e. The van der Waals surface area contributed by atoms with E-state index >= 15 is 0 Å². The number of halogens is 1. The van der Waals surface area contributed by atoms with Gasteiger partial charge in [-0.25, -0.2) is 0 Å². The van der Waals surface area contributed by atoms with Crippen LogP contribution in [0.25, 0.3) is 0 Å². The number of esters is 1. The standard InChI is InChI=1S/C7H13BrO2/c1-3-4-7(5-8)10-6(2)9/h7H,3-5H2,1-2H3. The fourth-order valence-corrected chi connectivity index (χ4v) is 1.18. The van der Waals surface area contributed by atoms with Crippen LogP contribution in [0.1, 0.15) is 26.7 Å². The summed E-state index contributed by atoms with van der Waals surface area (Å²) in [5.41, 5.74) is 0. The topological polar surface area (TPSA) is 26.3 Å². The number of hydrogen-bond acceptors (Lipinski definition) is 2. The van der Waals surface area contributed by atoms with E-state index in [1.54, 1.807) is 0 Å². The van der Waals surface area contributed by atoms with Crippen molar-refractivity contribution in [2.75, 3.05) is 5.33 Å². The Balaban J connectivity index is 3.49. The highest BCUT2D eigenvalue weighted by atomic mass is 79.9. The first kappa shape index (κ1) is 9.95. The van der Waals surface area contributed by atoms with Gasteiger partial charge in [0.1, 0.15) is 6.10 Å². The molecule has 0 amide bonds. The number of rotatable bonds is 4. The molecule has 0 N–H and O–H groups in total. The zero-order valence-corrected chi connectivity index (χ0v) is 7.98. The van der Waals surface area contributed by atoms with Gasteiger partial charge >= 0.3 is 5.97 Å². The third-order valence-corrected chi connectivity index (χ3v) is 1.84. The molecule has 3 heteroatoms. The number of hydrogen-bond donors (Lipinski definition) is 0. The first-order valence-corrected chi connectivity index (χ1v) is 4.56. The Kier molecular flexibility index (Phi) is 5.69. The molecule has 1 unspecified atom stereocenters. The predicted octanol–water partition coefficient (Wildman–Crippen LogP) is 2.11. The van der Waals surface area contributed by atoms with Crippen LogP contribution in [0.15, 0.2) is 0 Å². The molecule has 0 heterocycles. The quantitative estimate of drug-likeness (QED) is 0.523. The second-order valence-corrected chi connectivity index (χ2v) is 2.82. The Morgan fingerprint density at radius 1 is 1.70 bits per heavy atom. The van der Waals surface area contributed by atoms with Gasteiger partial charge in [-0.05, 0) is 6.42 Å². The van der Waals surface area contributed by atoms with E-state index < -0.39 is 0 Å². The monoisotopic (exact) mass is 208 g/mol. The minimum absolute atomic E-state index is 0.0579. The zero-order chi connectivity index (χ0) is 7.98. The molecule has 0 aliphatic carbocycles. The van der Waals surface area contributed by atoms with Crippen LogP contribution in [0.3, 0.4) is 0 Å². The molecule has 2 nitrogen and oxygen atoms in total. The summed E-state index contributed by atoms with van der Waals surface area (Å²) in [6, 6.07) is 0. The highest BCUT2D eigenvalue weighted by molar-refractivity contribution is 9.09. The van der Waals surface area contributed by atoms with E-state index in [4.69, 9.17) is 4.74 Å². The Labute approximate surface area is 70.1 Å². The lowest BCUT2D eigenvalue weighted by Crippen LogP contribution is -2.17. The molecular formula is C7H13BrO2. The fraction of sp³-hybridized carbons (Fsp3) is 0.857. The summed E-state index contributed by atoms with van der Waals surface area (Å²) in [4.78, 5) is 10.4. The van der Waals surface area contributed by atoms with Gasteiger partial charge in [-0.15, -0.1) is 0 Å². The van der Waals surface area contributed by atoms with Gasteiger partial charge in [0.2, 0.25) is 0 Å². The van der Waals surface area contributed by atoms with Crippen molar-refractivity contribution in [1.29, 1.82) is 0 Å². The SMILES string of the molecule is CCCC(CBr)OC(C)=O. The average molecular weight is 209 g/mol. The summed E-state index contributed by atoms with van der Waals surface area (Å²) < 4.78 is 4.95. The van der Waals surface area contributed by atoms with Gasteiger partial charge in [-0.2, -0.15) is 0 Å². The third-order valence-electron chi connectivity index (χ3n) is 1.12. The molecule has 0 aromatic carbocycles. The van der Waals surface area contributed by atoms with Gasteiger partial charge in [0.05, 0.1) is 0 Å². The lowest BCUT2D eigenvalue weighted by molar-refractivity contribution is -0.145. The average Bonchev–Trinajstić information content (AvgIpc) is 1.86. The van der Waals surface area contributed by atoms with Gasteiger partial charge in [-0.3, -0.25) is 4.79 Å². The van der Waals surface area contributed by atoms with Crippen LogP contribution in [0, 0.1) is 0 Å². The summed E-state index contributed by atoms with van der Waals surface area (Å²) >= 11 is 3.27. The molecule has 0 aromatic rings. The first-order valence-electron chi connectivity index (χ1n) is 3.43. The molecule has 0 radical (unpaired) electrons. The maximum Gasteiger partial charge on any atom is 0.302 e. The van der Waals surface area contributed by atoms with Crippen molar-refractivity contribution in [2.24, 2.45) is 0 Å². The van der Waals surface area contributed by atoms with Crippen LogP contribution in [-0.4, -0.2) is 17.4 Å². The summed E-state index contributed by atoms with van der Waals surface area (Å²) in [5, 5.41) is 0.737. The van der Waals surface area contributed by atoms with Crippen molar-refractivity contribution in [3.8, 4) is 0 Å². The van der Waals surface area contributed by atoms with Gasteiger partial charge in [0.15, 0.2) is 0 Å². The van der Waals surface area contributed by atoms with Gasteiger partial charge in [0.25, 0.3) is 0 Å². The lowest BCUT2D eigenvalue weighted by atomic mass is 10.2. The molecule has 0 bridgehead atoms. The van der Waals surface area contributed by atoms with Crippen LogP contribution in [-0.2, 0) is 9.53 Å². The molecule has 60 valence electrons. The van der Waals surface area contributed by atoms with E-state index in [1.165, 1.54) is 6.92 Å². The number of alkyl halides is 1. The fourth-order valence-electron chi connectivity index (χ4n) is 0.724. The Hall–Kier alpha value is -0.0500. The Bertz CT molecular complexity index is 104. The van der Waals surface area contributed by atoms with Crippen LogP contribution in [0.2, 0.25) is 0 Å². The van der Waals surface area contributed by atoms with Gasteiger partial charge in [-0.1, -0.05) is 29.3 Å². The van der Waals surface area contributed by atoms with Crippen molar-refractivity contribution in [3.05, 3.63) is 0 Å². The number of carbonyl (C=O) groups is 1. The van der Waals surface area contributed by atoms with Crippen molar-refractivity contribution in [3.63, 3.8) is 0 Å². The molecule has 0 aliphatic rings. The van der Waals surface area contributed by atoms with Crippen LogP contribution < -0.4 is 0 Å². The predicted molar refractivity (Wildman–Crippen MR) is 44.3 cm³/mol. The first-order chi connectivity index (χ1) is 4.70. The summed E-state index contributed by atoms with van der Waals surface area (Å²) in [7, 11) is 0. The van der Waals surface area contributed by atoms with Crippen molar-refractivity contribution in [1.82, 2.24) is 0 Å². The van der Waals surface area contributed by atoms with Gasteiger partial charge < -0.3 is 4.74 Å². The highest BCUT2D eigenvalue weighted by Crippen LogP contribution is 2.05. The number of carbonyl (C=O) groups excluding carboxylic acids is 1. The zero-order valence-electron chi connectivity index (χ0n) is 6.39. The molecular weight excluding hydrogens is 196 g/mol. The Morgan fingerprint density at radius 2 is 2.30 bits per heavy atom. The number of ether oxygens (including phenoxy) is 1. The molecule has 0 saturated carbocycles. The van der Waals surface area contributed by atoms with E-state index in [1.807, 2.05) is 0 Å². The molecule has 0 rings (SSSR count). The molecule has 1 atom stereocenters.